The van der Waals surface area contributed by atoms with Crippen molar-refractivity contribution in [2.45, 2.75) is 57.1 Å². The molecule has 2 aromatic rings. The third kappa shape index (κ3) is 3.86. The number of aryl methyl sites for hydroxylation is 3. The topological polar surface area (TPSA) is 80.2 Å². The fraction of sp³-hybridized carbons (Fsp3) is 0.611. The molecule has 0 radical (unpaired) electrons. The number of thiophene rings is 1. The predicted molar refractivity (Wildman–Crippen MR) is 109 cm³/mol. The number of aromatic nitrogens is 2. The van der Waals surface area contributed by atoms with E-state index in [2.05, 4.69) is 23.8 Å². The van der Waals surface area contributed by atoms with Gasteiger partial charge in [-0.2, -0.15) is 0 Å². The number of nitrogens with zero attached hydrogens (tertiary/aromatic N) is 3. The highest BCUT2D eigenvalue weighted by Gasteiger charge is 2.41. The Bertz CT molecular complexity index is 1010. The van der Waals surface area contributed by atoms with Crippen molar-refractivity contribution in [3.8, 4) is 0 Å². The van der Waals surface area contributed by atoms with Gasteiger partial charge in [0.25, 0.3) is 0 Å². The first-order valence-electron chi connectivity index (χ1n) is 9.14. The molecule has 6 nitrogen and oxygen atoms in total. The van der Waals surface area contributed by atoms with Gasteiger partial charge in [-0.25, -0.2) is 18.4 Å². The smallest absolute Gasteiger partial charge is 0.233 e. The van der Waals surface area contributed by atoms with E-state index in [4.69, 9.17) is 0 Å². The lowest BCUT2D eigenvalue weighted by Crippen LogP contribution is -2.43. The molecule has 1 unspecified atom stereocenters. The number of amides is 1. The number of sulfone groups is 1. The number of fused-ring (bicyclic) bond motifs is 1. The van der Waals surface area contributed by atoms with E-state index in [1.54, 1.807) is 11.3 Å². The monoisotopic (exact) mass is 425 g/mol. The number of hydrogen-bond donors (Lipinski definition) is 0. The van der Waals surface area contributed by atoms with Gasteiger partial charge >= 0.3 is 0 Å². The lowest BCUT2D eigenvalue weighted by molar-refractivity contribution is -0.130. The van der Waals surface area contributed by atoms with Gasteiger partial charge in [-0.15, -0.1) is 11.3 Å². The van der Waals surface area contributed by atoms with Gasteiger partial charge < -0.3 is 4.90 Å². The maximum Gasteiger partial charge on any atom is 0.233 e. The van der Waals surface area contributed by atoms with Crippen LogP contribution in [0.5, 0.6) is 0 Å². The zero-order valence-corrected chi connectivity index (χ0v) is 18.1. The van der Waals surface area contributed by atoms with Crippen LogP contribution in [0, 0.1) is 20.8 Å². The first-order valence-corrected chi connectivity index (χ1v) is 12.8. The molecule has 2 aromatic heterocycles. The Labute approximate surface area is 167 Å². The van der Waals surface area contributed by atoms with Crippen molar-refractivity contribution in [1.82, 2.24) is 14.9 Å². The van der Waals surface area contributed by atoms with E-state index in [9.17, 15) is 13.2 Å². The lowest BCUT2D eigenvalue weighted by atomic mass is 10.2. The molecule has 3 heterocycles. The number of carbonyl (C=O) groups excluding carboxylic acids is 1. The minimum absolute atomic E-state index is 0.0265. The van der Waals surface area contributed by atoms with Crippen LogP contribution in [0.4, 0.5) is 0 Å². The van der Waals surface area contributed by atoms with Crippen molar-refractivity contribution in [3.05, 3.63) is 16.3 Å². The summed E-state index contributed by atoms with van der Waals surface area (Å²) >= 11 is 3.10. The summed E-state index contributed by atoms with van der Waals surface area (Å²) in [5.41, 5.74) is 1.17. The highest BCUT2D eigenvalue weighted by atomic mass is 32.2. The maximum atomic E-state index is 13.0. The maximum absolute atomic E-state index is 13.0. The fourth-order valence-corrected chi connectivity index (χ4v) is 7.53. The van der Waals surface area contributed by atoms with Gasteiger partial charge in [0.2, 0.25) is 5.91 Å². The molecule has 2 fully saturated rings. The predicted octanol–water partition coefficient (Wildman–Crippen LogP) is 2.89. The third-order valence-corrected chi connectivity index (χ3v) is 9.08. The Hall–Kier alpha value is -1.19. The zero-order chi connectivity index (χ0) is 19.3. The van der Waals surface area contributed by atoms with Gasteiger partial charge in [-0.3, -0.25) is 4.79 Å². The summed E-state index contributed by atoms with van der Waals surface area (Å²) < 4.78 is 23.7. The van der Waals surface area contributed by atoms with Gasteiger partial charge in [-0.05, 0) is 45.6 Å². The summed E-state index contributed by atoms with van der Waals surface area (Å²) in [7, 11) is -3.00. The zero-order valence-electron chi connectivity index (χ0n) is 15.7. The second-order valence-electron chi connectivity index (χ2n) is 7.42. The molecular formula is C18H23N3O3S3. The Morgan fingerprint density at radius 2 is 1.93 bits per heavy atom. The molecule has 0 N–H and O–H groups in total. The summed E-state index contributed by atoms with van der Waals surface area (Å²) in [6, 6.07) is 0.0570. The molecule has 1 saturated carbocycles. The minimum atomic E-state index is -3.00. The third-order valence-electron chi connectivity index (χ3n) is 5.27. The normalized spacial score (nSPS) is 21.7. The molecule has 1 aliphatic carbocycles. The molecule has 0 aromatic carbocycles. The first-order chi connectivity index (χ1) is 12.7. The molecule has 2 aliphatic rings. The molecule has 1 atom stereocenters. The summed E-state index contributed by atoms with van der Waals surface area (Å²) in [5.74, 6) is 1.32. The highest BCUT2D eigenvalue weighted by molar-refractivity contribution is 8.00. The number of thioether (sulfide) groups is 1. The molecule has 4 rings (SSSR count). The molecule has 1 saturated heterocycles. The number of rotatable bonds is 5. The van der Waals surface area contributed by atoms with Gasteiger partial charge in [0.15, 0.2) is 9.84 Å². The average molecular weight is 426 g/mol. The minimum Gasteiger partial charge on any atom is -0.335 e. The van der Waals surface area contributed by atoms with Crippen LogP contribution in [0.3, 0.4) is 0 Å². The van der Waals surface area contributed by atoms with Crippen LogP contribution in [0.2, 0.25) is 0 Å². The van der Waals surface area contributed by atoms with E-state index >= 15 is 0 Å². The lowest BCUT2D eigenvalue weighted by Gasteiger charge is -2.28. The van der Waals surface area contributed by atoms with E-state index in [0.717, 1.165) is 28.1 Å². The Morgan fingerprint density at radius 1 is 1.19 bits per heavy atom. The van der Waals surface area contributed by atoms with Gasteiger partial charge in [0, 0.05) is 22.3 Å². The Balaban J connectivity index is 1.54. The van der Waals surface area contributed by atoms with E-state index in [1.165, 1.54) is 22.2 Å². The standard InChI is InChI=1S/C18H23N3O3S3/c1-10-11(2)26-18-16(10)17(19-12(3)20-18)25-8-15(22)21(13-4-5-13)14-6-7-27(23,24)9-14/h13-14H,4-9H2,1-3H3. The quantitative estimate of drug-likeness (QED) is 0.541. The van der Waals surface area contributed by atoms with Crippen LogP contribution in [-0.2, 0) is 14.6 Å². The average Bonchev–Trinajstić information content (AvgIpc) is 3.29. The van der Waals surface area contributed by atoms with Crippen LogP contribution >= 0.6 is 23.1 Å². The largest absolute Gasteiger partial charge is 0.335 e. The Morgan fingerprint density at radius 3 is 2.56 bits per heavy atom. The molecule has 27 heavy (non-hydrogen) atoms. The van der Waals surface area contributed by atoms with Crippen molar-refractivity contribution in [1.29, 1.82) is 0 Å². The first kappa shape index (κ1) is 19.1. The summed E-state index contributed by atoms with van der Waals surface area (Å²) in [6.45, 7) is 6.01. The van der Waals surface area contributed by atoms with Crippen LogP contribution in [-0.4, -0.2) is 58.5 Å². The van der Waals surface area contributed by atoms with Crippen LogP contribution < -0.4 is 0 Å². The van der Waals surface area contributed by atoms with Crippen molar-refractivity contribution in [3.63, 3.8) is 0 Å². The molecule has 1 aliphatic heterocycles. The van der Waals surface area contributed by atoms with Crippen molar-refractivity contribution < 1.29 is 13.2 Å². The van der Waals surface area contributed by atoms with Crippen molar-refractivity contribution in [2.24, 2.45) is 0 Å². The molecule has 1 amide bonds. The van der Waals surface area contributed by atoms with Crippen molar-refractivity contribution in [2.75, 3.05) is 17.3 Å². The van der Waals surface area contributed by atoms with E-state index in [-0.39, 0.29) is 35.2 Å². The SMILES string of the molecule is Cc1nc(SCC(=O)N(C2CC2)C2CCS(=O)(=O)C2)c2c(C)c(C)sc2n1. The number of carbonyl (C=O) groups is 1. The molecular weight excluding hydrogens is 402 g/mol. The second-order valence-corrected chi connectivity index (χ2v) is 11.8. The fourth-order valence-electron chi connectivity index (χ4n) is 3.68. The molecule has 0 spiro atoms. The van der Waals surface area contributed by atoms with Gasteiger partial charge in [0.1, 0.15) is 15.7 Å². The van der Waals surface area contributed by atoms with Crippen molar-refractivity contribution >= 4 is 49.1 Å². The molecule has 9 heteroatoms. The van der Waals surface area contributed by atoms with Crippen LogP contribution in [0.1, 0.15) is 35.5 Å². The second kappa shape index (κ2) is 7.00. The van der Waals surface area contributed by atoms with Crippen LogP contribution in [0.25, 0.3) is 10.2 Å². The summed E-state index contributed by atoms with van der Waals surface area (Å²) in [6.07, 6.45) is 2.52. The molecule has 0 bridgehead atoms. The Kier molecular flexibility index (Phi) is 4.97. The van der Waals surface area contributed by atoms with E-state index in [1.807, 2.05) is 11.8 Å². The number of hydrogen-bond acceptors (Lipinski definition) is 7. The van der Waals surface area contributed by atoms with E-state index < -0.39 is 9.84 Å². The molecule has 146 valence electrons. The summed E-state index contributed by atoms with van der Waals surface area (Å²) in [4.78, 5) is 26.1. The van der Waals surface area contributed by atoms with Gasteiger partial charge in [0.05, 0.1) is 17.3 Å². The van der Waals surface area contributed by atoms with Gasteiger partial charge in [-0.1, -0.05) is 11.8 Å². The summed E-state index contributed by atoms with van der Waals surface area (Å²) in [5, 5.41) is 1.89. The van der Waals surface area contributed by atoms with E-state index in [0.29, 0.717) is 12.2 Å². The van der Waals surface area contributed by atoms with Crippen LogP contribution in [0.15, 0.2) is 5.03 Å². The highest BCUT2D eigenvalue weighted by Crippen LogP contribution is 2.37.